The van der Waals surface area contributed by atoms with Crippen molar-refractivity contribution in [2.24, 2.45) is 16.1 Å². The van der Waals surface area contributed by atoms with Gasteiger partial charge in [0.15, 0.2) is 5.96 Å². The van der Waals surface area contributed by atoms with E-state index in [2.05, 4.69) is 41.6 Å². The molecule has 1 aromatic carbocycles. The monoisotopic (exact) mass is 418 g/mol. The third kappa shape index (κ3) is 6.21. The highest BCUT2D eigenvalue weighted by molar-refractivity contribution is 14.0. The second kappa shape index (κ2) is 8.97. The van der Waals surface area contributed by atoms with Crippen molar-refractivity contribution >= 4 is 41.5 Å². The van der Waals surface area contributed by atoms with Crippen LogP contribution in [0.2, 0.25) is 0 Å². The van der Waals surface area contributed by atoms with E-state index >= 15 is 0 Å². The first-order chi connectivity index (χ1) is 9.76. The minimum Gasteiger partial charge on any atom is -0.370 e. The predicted octanol–water partition coefficient (Wildman–Crippen LogP) is 2.93. The largest absolute Gasteiger partial charge is 0.370 e. The van der Waals surface area contributed by atoms with Crippen molar-refractivity contribution in [1.82, 2.24) is 5.32 Å². The summed E-state index contributed by atoms with van der Waals surface area (Å²) in [6.07, 6.45) is 0. The Hall–Kier alpha value is -1.31. The molecule has 0 aliphatic carbocycles. The van der Waals surface area contributed by atoms with Gasteiger partial charge in [0.25, 0.3) is 0 Å². The van der Waals surface area contributed by atoms with Crippen LogP contribution in [0.1, 0.15) is 39.2 Å². The van der Waals surface area contributed by atoms with Gasteiger partial charge in [-0.15, -0.1) is 24.0 Å². The zero-order valence-corrected chi connectivity index (χ0v) is 16.3. The summed E-state index contributed by atoms with van der Waals surface area (Å²) in [5.41, 5.74) is 7.44. The van der Waals surface area contributed by atoms with Crippen molar-refractivity contribution in [1.29, 1.82) is 0 Å². The zero-order chi connectivity index (χ0) is 16.0. The maximum atomic E-state index is 11.7. The number of nitrogens with two attached hydrogens (primary N) is 1. The number of guanidine groups is 1. The molecule has 1 rings (SSSR count). The summed E-state index contributed by atoms with van der Waals surface area (Å²) < 4.78 is 0. The molecule has 0 bridgehead atoms. The van der Waals surface area contributed by atoms with Crippen molar-refractivity contribution in [2.75, 3.05) is 18.9 Å². The number of carbonyl (C=O) groups is 1. The molecule has 1 aromatic rings. The number of benzene rings is 1. The standard InChI is InChI=1S/C16H26N4O.HI/c1-11(2)12-7-6-8-13(9-12)20-15(17)19-10-16(3,4)14(21)18-5;/h6-9,11H,10H2,1-5H3,(H,18,21)(H3,17,19,20);1H. The van der Waals surface area contributed by atoms with Crippen LogP contribution in [0.3, 0.4) is 0 Å². The van der Waals surface area contributed by atoms with Crippen LogP contribution in [0.15, 0.2) is 29.3 Å². The van der Waals surface area contributed by atoms with Gasteiger partial charge in [-0.05, 0) is 37.5 Å². The lowest BCUT2D eigenvalue weighted by molar-refractivity contribution is -0.128. The maximum absolute atomic E-state index is 11.7. The van der Waals surface area contributed by atoms with Crippen molar-refractivity contribution < 1.29 is 4.79 Å². The van der Waals surface area contributed by atoms with Crippen LogP contribution in [-0.2, 0) is 4.79 Å². The SMILES string of the molecule is CNC(=O)C(C)(C)CN=C(N)Nc1cccc(C(C)C)c1.I. The molecule has 0 aliphatic rings. The van der Waals surface area contributed by atoms with E-state index in [9.17, 15) is 4.79 Å². The van der Waals surface area contributed by atoms with Gasteiger partial charge in [-0.3, -0.25) is 9.79 Å². The Balaban J connectivity index is 0.00000441. The van der Waals surface area contributed by atoms with Gasteiger partial charge in [-0.25, -0.2) is 0 Å². The number of rotatable bonds is 5. The minimum absolute atomic E-state index is 0. The minimum atomic E-state index is -0.583. The normalized spacial score (nSPS) is 11.8. The van der Waals surface area contributed by atoms with Crippen molar-refractivity contribution in [2.45, 2.75) is 33.6 Å². The Labute approximate surface area is 150 Å². The first-order valence-electron chi connectivity index (χ1n) is 7.15. The smallest absolute Gasteiger partial charge is 0.227 e. The third-order valence-electron chi connectivity index (χ3n) is 3.31. The Bertz CT molecular complexity index is 527. The molecule has 0 saturated carbocycles. The van der Waals surface area contributed by atoms with Gasteiger partial charge in [-0.1, -0.05) is 26.0 Å². The number of hydrogen-bond acceptors (Lipinski definition) is 2. The van der Waals surface area contributed by atoms with Gasteiger partial charge in [0, 0.05) is 12.7 Å². The topological polar surface area (TPSA) is 79.5 Å². The van der Waals surface area contributed by atoms with E-state index in [0.29, 0.717) is 18.4 Å². The Kier molecular flexibility index (Phi) is 8.44. The number of nitrogens with one attached hydrogen (secondary N) is 2. The van der Waals surface area contributed by atoms with Crippen LogP contribution in [0, 0.1) is 5.41 Å². The quantitative estimate of drug-likeness (QED) is 0.391. The predicted molar refractivity (Wildman–Crippen MR) is 104 cm³/mol. The van der Waals surface area contributed by atoms with E-state index < -0.39 is 5.41 Å². The average molecular weight is 418 g/mol. The molecule has 0 heterocycles. The third-order valence-corrected chi connectivity index (χ3v) is 3.31. The Morgan fingerprint density at radius 3 is 2.55 bits per heavy atom. The van der Waals surface area contributed by atoms with Crippen LogP contribution >= 0.6 is 24.0 Å². The number of halogens is 1. The van der Waals surface area contributed by atoms with Crippen LogP contribution < -0.4 is 16.4 Å². The van der Waals surface area contributed by atoms with E-state index in [1.54, 1.807) is 7.05 Å². The summed E-state index contributed by atoms with van der Waals surface area (Å²) in [4.78, 5) is 15.9. The first kappa shape index (κ1) is 20.7. The summed E-state index contributed by atoms with van der Waals surface area (Å²) in [5.74, 6) is 0.714. The number of aliphatic imine (C=N–C) groups is 1. The van der Waals surface area contributed by atoms with Crippen molar-refractivity contribution in [3.05, 3.63) is 29.8 Å². The van der Waals surface area contributed by atoms with Crippen molar-refractivity contribution in [3.8, 4) is 0 Å². The maximum Gasteiger partial charge on any atom is 0.227 e. The zero-order valence-electron chi connectivity index (χ0n) is 13.9. The molecular weight excluding hydrogens is 391 g/mol. The molecule has 0 saturated heterocycles. The first-order valence-corrected chi connectivity index (χ1v) is 7.15. The summed E-state index contributed by atoms with van der Waals surface area (Å²) in [6.45, 7) is 8.28. The molecule has 0 spiro atoms. The molecule has 0 fully saturated rings. The van der Waals surface area contributed by atoms with Gasteiger partial charge >= 0.3 is 0 Å². The summed E-state index contributed by atoms with van der Waals surface area (Å²) in [5, 5.41) is 5.69. The Morgan fingerprint density at radius 2 is 2.00 bits per heavy atom. The molecule has 0 radical (unpaired) electrons. The summed E-state index contributed by atoms with van der Waals surface area (Å²) in [7, 11) is 1.62. The molecule has 22 heavy (non-hydrogen) atoms. The summed E-state index contributed by atoms with van der Waals surface area (Å²) in [6, 6.07) is 8.06. The van der Waals surface area contributed by atoms with Crippen LogP contribution in [0.4, 0.5) is 5.69 Å². The van der Waals surface area contributed by atoms with Gasteiger partial charge in [0.05, 0.1) is 12.0 Å². The van der Waals surface area contributed by atoms with Gasteiger partial charge in [-0.2, -0.15) is 0 Å². The number of nitrogens with zero attached hydrogens (tertiary/aromatic N) is 1. The number of anilines is 1. The van der Waals surface area contributed by atoms with E-state index in [0.717, 1.165) is 5.69 Å². The van der Waals surface area contributed by atoms with Crippen LogP contribution in [0.25, 0.3) is 0 Å². The highest BCUT2D eigenvalue weighted by Gasteiger charge is 2.26. The number of hydrogen-bond donors (Lipinski definition) is 3. The van der Waals surface area contributed by atoms with Crippen LogP contribution in [-0.4, -0.2) is 25.5 Å². The second-order valence-corrected chi connectivity index (χ2v) is 6.07. The molecule has 0 aliphatic heterocycles. The van der Waals surface area contributed by atoms with Crippen LogP contribution in [0.5, 0.6) is 0 Å². The molecule has 0 aromatic heterocycles. The molecule has 0 atom stereocenters. The van der Waals surface area contributed by atoms with E-state index in [1.807, 2.05) is 26.0 Å². The van der Waals surface area contributed by atoms with Gasteiger partial charge < -0.3 is 16.4 Å². The highest BCUT2D eigenvalue weighted by Crippen LogP contribution is 2.19. The lowest BCUT2D eigenvalue weighted by atomic mass is 9.93. The molecule has 1 amide bonds. The molecule has 0 unspecified atom stereocenters. The lowest BCUT2D eigenvalue weighted by Crippen LogP contribution is -2.37. The van der Waals surface area contributed by atoms with Crippen molar-refractivity contribution in [3.63, 3.8) is 0 Å². The number of amides is 1. The fourth-order valence-corrected chi connectivity index (χ4v) is 1.86. The van der Waals surface area contributed by atoms with Gasteiger partial charge in [0.1, 0.15) is 0 Å². The van der Waals surface area contributed by atoms with E-state index in [-0.39, 0.29) is 29.9 Å². The van der Waals surface area contributed by atoms with E-state index in [4.69, 9.17) is 5.73 Å². The lowest BCUT2D eigenvalue weighted by Gasteiger charge is -2.20. The van der Waals surface area contributed by atoms with Gasteiger partial charge in [0.2, 0.25) is 5.91 Å². The molecular formula is C16H27IN4O. The highest BCUT2D eigenvalue weighted by atomic mass is 127. The fourth-order valence-electron chi connectivity index (χ4n) is 1.86. The second-order valence-electron chi connectivity index (χ2n) is 6.07. The van der Waals surface area contributed by atoms with E-state index in [1.165, 1.54) is 5.56 Å². The number of carbonyl (C=O) groups excluding carboxylic acids is 1. The molecule has 5 nitrogen and oxygen atoms in total. The summed E-state index contributed by atoms with van der Waals surface area (Å²) >= 11 is 0. The molecule has 6 heteroatoms. The molecule has 4 N–H and O–H groups in total. The molecule has 124 valence electrons. The Morgan fingerprint density at radius 1 is 1.36 bits per heavy atom. The fraction of sp³-hybridized carbons (Fsp3) is 0.500. The average Bonchev–Trinajstić information content (AvgIpc) is 2.44.